The number of nitrogens with zero attached hydrogens (tertiary/aromatic N) is 1. The van der Waals surface area contributed by atoms with Gasteiger partial charge in [-0.2, -0.15) is 4.99 Å². The third-order valence-corrected chi connectivity index (χ3v) is 2.99. The number of isocyanates is 1. The van der Waals surface area contributed by atoms with Crippen LogP contribution in [-0.2, 0) is 4.79 Å². The predicted octanol–water partition coefficient (Wildman–Crippen LogP) is 2.33. The highest BCUT2D eigenvalue weighted by atomic mass is 16.1. The molecule has 1 fully saturated rings. The Bertz CT molecular complexity index is 441. The van der Waals surface area contributed by atoms with E-state index in [9.17, 15) is 9.59 Å². The highest BCUT2D eigenvalue weighted by Gasteiger charge is 2.17. The minimum Gasteiger partial charge on any atom is -0.349 e. The number of nitrogens with one attached hydrogen (secondary N) is 1. The zero-order valence-electron chi connectivity index (χ0n) is 9.48. The van der Waals surface area contributed by atoms with Crippen LogP contribution in [0, 0.1) is 0 Å². The van der Waals surface area contributed by atoms with E-state index < -0.39 is 0 Å². The molecule has 1 aliphatic carbocycles. The zero-order chi connectivity index (χ0) is 12.1. The molecule has 0 spiro atoms. The third kappa shape index (κ3) is 3.02. The number of carbonyl (C=O) groups is 1. The first-order chi connectivity index (χ1) is 8.29. The molecule has 1 aromatic rings. The van der Waals surface area contributed by atoms with Gasteiger partial charge in [0.05, 0.1) is 5.69 Å². The molecule has 88 valence electrons. The maximum absolute atomic E-state index is 11.9. The summed E-state index contributed by atoms with van der Waals surface area (Å²) in [6.07, 6.45) is 5.99. The van der Waals surface area contributed by atoms with Gasteiger partial charge < -0.3 is 5.32 Å². The lowest BCUT2D eigenvalue weighted by molar-refractivity contribution is 0.0938. The van der Waals surface area contributed by atoms with E-state index in [1.807, 2.05) is 0 Å². The molecular formula is C13H14N2O2. The minimum atomic E-state index is -0.0569. The van der Waals surface area contributed by atoms with Crippen LogP contribution in [0.25, 0.3) is 0 Å². The standard InChI is InChI=1S/C13H14N2O2/c16-9-14-11-7-5-10(6-8-11)13(17)15-12-3-1-2-4-12/h5-8,12H,1-4H2,(H,15,17). The van der Waals surface area contributed by atoms with Crippen molar-refractivity contribution in [2.75, 3.05) is 0 Å². The number of amides is 1. The van der Waals surface area contributed by atoms with Gasteiger partial charge in [-0.15, -0.1) is 0 Å². The van der Waals surface area contributed by atoms with Crippen LogP contribution in [0.3, 0.4) is 0 Å². The predicted molar refractivity (Wildman–Crippen MR) is 63.9 cm³/mol. The number of rotatable bonds is 3. The van der Waals surface area contributed by atoms with Crippen molar-refractivity contribution in [3.8, 4) is 0 Å². The number of carbonyl (C=O) groups excluding carboxylic acids is 2. The molecule has 0 radical (unpaired) electrons. The molecule has 1 saturated carbocycles. The highest BCUT2D eigenvalue weighted by molar-refractivity contribution is 5.94. The minimum absolute atomic E-state index is 0.0569. The van der Waals surface area contributed by atoms with Crippen molar-refractivity contribution >= 4 is 17.7 Å². The number of benzene rings is 1. The van der Waals surface area contributed by atoms with Crippen LogP contribution in [0.2, 0.25) is 0 Å². The van der Waals surface area contributed by atoms with Crippen LogP contribution in [0.4, 0.5) is 5.69 Å². The molecule has 4 heteroatoms. The van der Waals surface area contributed by atoms with Crippen molar-refractivity contribution in [2.24, 2.45) is 4.99 Å². The summed E-state index contributed by atoms with van der Waals surface area (Å²) in [6, 6.07) is 6.92. The molecule has 17 heavy (non-hydrogen) atoms. The molecule has 0 atom stereocenters. The molecule has 1 aromatic carbocycles. The molecule has 1 aliphatic rings. The van der Waals surface area contributed by atoms with Gasteiger partial charge in [-0.3, -0.25) is 4.79 Å². The quantitative estimate of drug-likeness (QED) is 0.640. The SMILES string of the molecule is O=C=Nc1ccc(C(=O)NC2CCCC2)cc1. The normalized spacial score (nSPS) is 15.3. The Kier molecular flexibility index (Phi) is 3.68. The Morgan fingerprint density at radius 2 is 1.88 bits per heavy atom. The van der Waals surface area contributed by atoms with Gasteiger partial charge in [-0.05, 0) is 37.1 Å². The van der Waals surface area contributed by atoms with Crippen LogP contribution in [-0.4, -0.2) is 18.0 Å². The summed E-state index contributed by atoms with van der Waals surface area (Å²) in [5, 5.41) is 3.00. The molecule has 0 bridgehead atoms. The molecule has 0 saturated heterocycles. The molecule has 0 unspecified atom stereocenters. The molecule has 2 rings (SSSR count). The van der Waals surface area contributed by atoms with Gasteiger partial charge in [0, 0.05) is 11.6 Å². The third-order valence-electron chi connectivity index (χ3n) is 2.99. The maximum atomic E-state index is 11.9. The largest absolute Gasteiger partial charge is 0.349 e. The monoisotopic (exact) mass is 230 g/mol. The summed E-state index contributed by atoms with van der Waals surface area (Å²) in [6.45, 7) is 0. The molecule has 0 aliphatic heterocycles. The van der Waals surface area contributed by atoms with Crippen LogP contribution in [0.1, 0.15) is 36.0 Å². The molecular weight excluding hydrogens is 216 g/mol. The van der Waals surface area contributed by atoms with Gasteiger partial charge >= 0.3 is 0 Å². The first kappa shape index (κ1) is 11.6. The summed E-state index contributed by atoms with van der Waals surface area (Å²) < 4.78 is 0. The zero-order valence-corrected chi connectivity index (χ0v) is 9.48. The van der Waals surface area contributed by atoms with Gasteiger partial charge in [0.25, 0.3) is 5.91 Å². The smallest absolute Gasteiger partial charge is 0.251 e. The second-order valence-electron chi connectivity index (χ2n) is 4.20. The summed E-state index contributed by atoms with van der Waals surface area (Å²) in [7, 11) is 0. The molecule has 1 amide bonds. The van der Waals surface area contributed by atoms with Crippen molar-refractivity contribution in [2.45, 2.75) is 31.7 Å². The molecule has 0 aromatic heterocycles. The lowest BCUT2D eigenvalue weighted by Gasteiger charge is -2.11. The fraction of sp³-hybridized carbons (Fsp3) is 0.385. The van der Waals surface area contributed by atoms with E-state index in [-0.39, 0.29) is 5.91 Å². The Labute approximate surface area is 99.7 Å². The van der Waals surface area contributed by atoms with E-state index in [1.54, 1.807) is 24.3 Å². The Hall–Kier alpha value is -1.93. The number of aliphatic imine (C=N–C) groups is 1. The first-order valence-corrected chi connectivity index (χ1v) is 5.78. The van der Waals surface area contributed by atoms with E-state index in [2.05, 4.69) is 10.3 Å². The van der Waals surface area contributed by atoms with Crippen LogP contribution in [0.15, 0.2) is 29.3 Å². The average Bonchev–Trinajstić information content (AvgIpc) is 2.83. The van der Waals surface area contributed by atoms with Crippen LogP contribution in [0.5, 0.6) is 0 Å². The van der Waals surface area contributed by atoms with Crippen molar-refractivity contribution in [1.82, 2.24) is 5.32 Å². The molecule has 1 N–H and O–H groups in total. The Balaban J connectivity index is 2.00. The van der Waals surface area contributed by atoms with E-state index in [1.165, 1.54) is 18.9 Å². The van der Waals surface area contributed by atoms with Crippen molar-refractivity contribution in [1.29, 1.82) is 0 Å². The maximum Gasteiger partial charge on any atom is 0.251 e. The van der Waals surface area contributed by atoms with Gasteiger partial charge in [0.1, 0.15) is 0 Å². The Morgan fingerprint density at radius 3 is 2.47 bits per heavy atom. The van der Waals surface area contributed by atoms with Crippen LogP contribution >= 0.6 is 0 Å². The van der Waals surface area contributed by atoms with Gasteiger partial charge in [0.15, 0.2) is 0 Å². The van der Waals surface area contributed by atoms with Crippen LogP contribution < -0.4 is 5.32 Å². The lowest BCUT2D eigenvalue weighted by atomic mass is 10.1. The van der Waals surface area contributed by atoms with Crippen molar-refractivity contribution < 1.29 is 9.59 Å². The topological polar surface area (TPSA) is 58.5 Å². The van der Waals surface area contributed by atoms with E-state index >= 15 is 0 Å². The number of hydrogen-bond donors (Lipinski definition) is 1. The average molecular weight is 230 g/mol. The van der Waals surface area contributed by atoms with Gasteiger partial charge in [0.2, 0.25) is 6.08 Å². The van der Waals surface area contributed by atoms with Crippen molar-refractivity contribution in [3.05, 3.63) is 29.8 Å². The molecule has 0 heterocycles. The van der Waals surface area contributed by atoms with Gasteiger partial charge in [-0.25, -0.2) is 4.79 Å². The molecule has 4 nitrogen and oxygen atoms in total. The summed E-state index contributed by atoms with van der Waals surface area (Å²) >= 11 is 0. The fourth-order valence-electron chi connectivity index (χ4n) is 2.08. The summed E-state index contributed by atoms with van der Waals surface area (Å²) in [5.74, 6) is -0.0569. The second-order valence-corrected chi connectivity index (χ2v) is 4.20. The number of hydrogen-bond acceptors (Lipinski definition) is 3. The first-order valence-electron chi connectivity index (χ1n) is 5.78. The lowest BCUT2D eigenvalue weighted by Crippen LogP contribution is -2.32. The fourth-order valence-corrected chi connectivity index (χ4v) is 2.08. The highest BCUT2D eigenvalue weighted by Crippen LogP contribution is 2.18. The van der Waals surface area contributed by atoms with Crippen molar-refractivity contribution in [3.63, 3.8) is 0 Å². The Morgan fingerprint density at radius 1 is 1.24 bits per heavy atom. The van der Waals surface area contributed by atoms with E-state index in [0.29, 0.717) is 17.3 Å². The van der Waals surface area contributed by atoms with Gasteiger partial charge in [-0.1, -0.05) is 12.8 Å². The van der Waals surface area contributed by atoms with E-state index in [0.717, 1.165) is 12.8 Å². The summed E-state index contributed by atoms with van der Waals surface area (Å²) in [5.41, 5.74) is 1.11. The summed E-state index contributed by atoms with van der Waals surface area (Å²) in [4.78, 5) is 25.4. The van der Waals surface area contributed by atoms with E-state index in [4.69, 9.17) is 0 Å². The second kappa shape index (κ2) is 5.41.